The molecule has 0 unspecified atom stereocenters. The van der Waals surface area contributed by atoms with Gasteiger partial charge in [-0.05, 0) is 34.5 Å². The Morgan fingerprint density at radius 1 is 1.35 bits per heavy atom. The molecule has 1 aromatic heterocycles. The van der Waals surface area contributed by atoms with Crippen LogP contribution in [0.5, 0.6) is 0 Å². The minimum atomic E-state index is -0.603. The molecule has 0 spiro atoms. The van der Waals surface area contributed by atoms with Crippen LogP contribution in [0.2, 0.25) is 5.02 Å². The molecule has 1 aliphatic rings. The van der Waals surface area contributed by atoms with Crippen LogP contribution in [0, 0.1) is 0 Å². The number of halogens is 1. The summed E-state index contributed by atoms with van der Waals surface area (Å²) in [7, 11) is 1.92. The van der Waals surface area contributed by atoms with Gasteiger partial charge in [-0.3, -0.25) is 9.59 Å². The van der Waals surface area contributed by atoms with Crippen molar-refractivity contribution < 1.29 is 9.59 Å². The van der Waals surface area contributed by atoms with E-state index in [1.54, 1.807) is 23.5 Å². The fourth-order valence-electron chi connectivity index (χ4n) is 2.19. The summed E-state index contributed by atoms with van der Waals surface area (Å²) in [5.41, 5.74) is 2.84. The first-order valence-corrected chi connectivity index (χ1v) is 7.30. The van der Waals surface area contributed by atoms with Crippen LogP contribution in [0.15, 0.2) is 29.0 Å². The molecule has 0 radical (unpaired) electrons. The van der Waals surface area contributed by atoms with Gasteiger partial charge in [-0.25, -0.2) is 0 Å². The summed E-state index contributed by atoms with van der Waals surface area (Å²) < 4.78 is 0. The number of benzene rings is 1. The highest BCUT2D eigenvalue weighted by Gasteiger charge is 2.29. The van der Waals surface area contributed by atoms with E-state index in [1.165, 1.54) is 5.56 Å². The molecule has 0 aliphatic carbocycles. The van der Waals surface area contributed by atoms with Gasteiger partial charge in [0.2, 0.25) is 0 Å². The second-order valence-electron chi connectivity index (χ2n) is 4.62. The zero-order valence-corrected chi connectivity index (χ0v) is 12.2. The van der Waals surface area contributed by atoms with Gasteiger partial charge in [0, 0.05) is 13.6 Å². The standard InChI is InChI=1S/C14H11ClN2O2S/c1-17(6-8-2-3-20-7-8)12-5-11-9(4-10(12)15)13(18)14(19)16-11/h2-5,7H,6H2,1H3,(H,16,18,19). The number of fused-ring (bicyclic) bond motifs is 1. The molecule has 1 aliphatic heterocycles. The van der Waals surface area contributed by atoms with Gasteiger partial charge >= 0.3 is 0 Å². The Kier molecular flexibility index (Phi) is 3.23. The lowest BCUT2D eigenvalue weighted by Gasteiger charge is -2.20. The van der Waals surface area contributed by atoms with Crippen molar-refractivity contribution in [3.63, 3.8) is 0 Å². The van der Waals surface area contributed by atoms with Crippen molar-refractivity contribution in [1.82, 2.24) is 0 Å². The summed E-state index contributed by atoms with van der Waals surface area (Å²) in [6.45, 7) is 0.712. The average molecular weight is 307 g/mol. The molecule has 1 amide bonds. The highest BCUT2D eigenvalue weighted by Crippen LogP contribution is 2.35. The highest BCUT2D eigenvalue weighted by atomic mass is 35.5. The van der Waals surface area contributed by atoms with Gasteiger partial charge in [0.1, 0.15) is 0 Å². The van der Waals surface area contributed by atoms with Crippen LogP contribution in [-0.4, -0.2) is 18.7 Å². The maximum absolute atomic E-state index is 11.6. The number of carbonyl (C=O) groups excluding carboxylic acids is 2. The molecule has 0 saturated heterocycles. The lowest BCUT2D eigenvalue weighted by Crippen LogP contribution is -2.16. The number of hydrogen-bond donors (Lipinski definition) is 1. The largest absolute Gasteiger partial charge is 0.369 e. The number of nitrogens with zero attached hydrogens (tertiary/aromatic N) is 1. The Morgan fingerprint density at radius 2 is 2.15 bits per heavy atom. The number of nitrogens with one attached hydrogen (secondary N) is 1. The fraction of sp³-hybridized carbons (Fsp3) is 0.143. The molecule has 4 nitrogen and oxygen atoms in total. The van der Waals surface area contributed by atoms with E-state index in [0.717, 1.165) is 5.69 Å². The molecular formula is C14H11ClN2O2S. The van der Waals surface area contributed by atoms with E-state index in [0.29, 0.717) is 22.8 Å². The predicted molar refractivity (Wildman–Crippen MR) is 80.8 cm³/mol. The van der Waals surface area contributed by atoms with Crippen molar-refractivity contribution in [2.24, 2.45) is 0 Å². The van der Waals surface area contributed by atoms with E-state index >= 15 is 0 Å². The van der Waals surface area contributed by atoms with E-state index in [4.69, 9.17) is 11.6 Å². The normalized spacial score (nSPS) is 13.3. The third-order valence-electron chi connectivity index (χ3n) is 3.20. The fourth-order valence-corrected chi connectivity index (χ4v) is 3.16. The van der Waals surface area contributed by atoms with Crippen LogP contribution >= 0.6 is 22.9 Å². The number of Topliss-reactive ketones (excluding diaryl/α,β-unsaturated/α-hetero) is 1. The molecule has 2 aromatic rings. The lowest BCUT2D eigenvalue weighted by atomic mass is 10.1. The molecule has 0 atom stereocenters. The van der Waals surface area contributed by atoms with Gasteiger partial charge in [-0.15, -0.1) is 0 Å². The molecule has 2 heterocycles. The maximum Gasteiger partial charge on any atom is 0.296 e. The third-order valence-corrected chi connectivity index (χ3v) is 4.23. The number of ketones is 1. The van der Waals surface area contributed by atoms with E-state index in [9.17, 15) is 9.59 Å². The predicted octanol–water partition coefficient (Wildman–Crippen LogP) is 3.17. The van der Waals surface area contributed by atoms with Crippen molar-refractivity contribution in [2.45, 2.75) is 6.54 Å². The van der Waals surface area contributed by atoms with Crippen LogP contribution in [-0.2, 0) is 11.3 Å². The van der Waals surface area contributed by atoms with Crippen molar-refractivity contribution in [1.29, 1.82) is 0 Å². The molecule has 1 aromatic carbocycles. The van der Waals surface area contributed by atoms with Crippen molar-refractivity contribution in [3.05, 3.63) is 45.1 Å². The van der Waals surface area contributed by atoms with Gasteiger partial charge in [0.05, 0.1) is 22.0 Å². The summed E-state index contributed by atoms with van der Waals surface area (Å²) in [5.74, 6) is -1.14. The monoisotopic (exact) mass is 306 g/mol. The van der Waals surface area contributed by atoms with Gasteiger partial charge in [0.25, 0.3) is 11.7 Å². The Bertz CT molecular complexity index is 697. The quantitative estimate of drug-likeness (QED) is 0.886. The first-order valence-electron chi connectivity index (χ1n) is 5.97. The second-order valence-corrected chi connectivity index (χ2v) is 5.81. The van der Waals surface area contributed by atoms with Gasteiger partial charge in [-0.1, -0.05) is 11.6 Å². The minimum absolute atomic E-state index is 0.340. The van der Waals surface area contributed by atoms with E-state index in [2.05, 4.69) is 10.7 Å². The summed E-state index contributed by atoms with van der Waals surface area (Å²) in [6, 6.07) is 5.34. The summed E-state index contributed by atoms with van der Waals surface area (Å²) in [5, 5.41) is 7.11. The van der Waals surface area contributed by atoms with Crippen LogP contribution < -0.4 is 10.2 Å². The molecule has 20 heavy (non-hydrogen) atoms. The van der Waals surface area contributed by atoms with E-state index in [1.807, 2.05) is 23.4 Å². The molecule has 0 saturated carbocycles. The molecule has 1 N–H and O–H groups in total. The first-order chi connectivity index (χ1) is 9.56. The number of hydrogen-bond acceptors (Lipinski definition) is 4. The summed E-state index contributed by atoms with van der Waals surface area (Å²) >= 11 is 7.87. The lowest BCUT2D eigenvalue weighted by molar-refractivity contribution is -0.112. The van der Waals surface area contributed by atoms with Crippen LogP contribution in [0.4, 0.5) is 11.4 Å². The zero-order chi connectivity index (χ0) is 14.3. The molecular weight excluding hydrogens is 296 g/mol. The first kappa shape index (κ1) is 13.1. The summed E-state index contributed by atoms with van der Waals surface area (Å²) in [4.78, 5) is 25.0. The number of amides is 1. The van der Waals surface area contributed by atoms with E-state index in [-0.39, 0.29) is 0 Å². The Morgan fingerprint density at radius 3 is 2.85 bits per heavy atom. The van der Waals surface area contributed by atoms with Crippen molar-refractivity contribution in [2.75, 3.05) is 17.3 Å². The zero-order valence-electron chi connectivity index (χ0n) is 10.6. The minimum Gasteiger partial charge on any atom is -0.369 e. The number of anilines is 2. The topological polar surface area (TPSA) is 49.4 Å². The highest BCUT2D eigenvalue weighted by molar-refractivity contribution is 7.07. The molecule has 102 valence electrons. The van der Waals surface area contributed by atoms with Crippen molar-refractivity contribution in [3.8, 4) is 0 Å². The maximum atomic E-state index is 11.6. The SMILES string of the molecule is CN(Cc1ccsc1)c1cc2c(cc1Cl)C(=O)C(=O)N2. The molecule has 6 heteroatoms. The van der Waals surface area contributed by atoms with Gasteiger partial charge in [0.15, 0.2) is 0 Å². The molecule has 0 fully saturated rings. The van der Waals surface area contributed by atoms with Gasteiger partial charge < -0.3 is 10.2 Å². The number of carbonyl (C=O) groups is 2. The van der Waals surface area contributed by atoms with Gasteiger partial charge in [-0.2, -0.15) is 11.3 Å². The van der Waals surface area contributed by atoms with Crippen molar-refractivity contribution >= 4 is 46.0 Å². The Hall–Kier alpha value is -1.85. The van der Waals surface area contributed by atoms with Crippen LogP contribution in [0.1, 0.15) is 15.9 Å². The Balaban J connectivity index is 1.93. The second kappa shape index (κ2) is 4.92. The summed E-state index contributed by atoms with van der Waals surface area (Å²) in [6.07, 6.45) is 0. The number of thiophene rings is 1. The Labute approximate surface area is 125 Å². The van der Waals surface area contributed by atoms with Crippen LogP contribution in [0.3, 0.4) is 0 Å². The molecule has 0 bridgehead atoms. The third kappa shape index (κ3) is 2.19. The van der Waals surface area contributed by atoms with Crippen LogP contribution in [0.25, 0.3) is 0 Å². The smallest absolute Gasteiger partial charge is 0.296 e. The average Bonchev–Trinajstić information content (AvgIpc) is 3.00. The number of rotatable bonds is 3. The van der Waals surface area contributed by atoms with E-state index < -0.39 is 11.7 Å². The molecule has 3 rings (SSSR count).